The first-order valence-electron chi connectivity index (χ1n) is 6.04. The van der Waals surface area contributed by atoms with Crippen LogP contribution >= 0.6 is 8.60 Å². The Bertz CT molecular complexity index is 298. The normalized spacial score (nSPS) is 12.4. The van der Waals surface area contributed by atoms with Gasteiger partial charge in [-0.15, -0.1) is 0 Å². The highest BCUT2D eigenvalue weighted by molar-refractivity contribution is 7.40. The summed E-state index contributed by atoms with van der Waals surface area (Å²) in [7, 11) is -2.27. The molecule has 8 heteroatoms. The standard InChI is InChI=1S/C12H23O7P/c1-11(2,3)9(13)16-7-18-20(15)19-8-17-10(14)12(4,5)6/h15H,7-8H2,1-6H3. The van der Waals surface area contributed by atoms with Crippen LogP contribution in [-0.2, 0) is 28.1 Å². The van der Waals surface area contributed by atoms with Gasteiger partial charge in [-0.3, -0.25) is 18.6 Å². The summed E-state index contributed by atoms with van der Waals surface area (Å²) in [5, 5.41) is 0. The van der Waals surface area contributed by atoms with Gasteiger partial charge in [0.2, 0.25) is 13.6 Å². The first-order valence-corrected chi connectivity index (χ1v) is 7.17. The summed E-state index contributed by atoms with van der Waals surface area (Å²) in [6.45, 7) is 9.31. The van der Waals surface area contributed by atoms with Crippen molar-refractivity contribution >= 4 is 20.5 Å². The molecule has 0 saturated carbocycles. The van der Waals surface area contributed by atoms with Crippen LogP contribution < -0.4 is 0 Å². The van der Waals surface area contributed by atoms with Gasteiger partial charge in [0.25, 0.3) is 0 Å². The van der Waals surface area contributed by atoms with E-state index < -0.39 is 45.0 Å². The van der Waals surface area contributed by atoms with Gasteiger partial charge in [-0.05, 0) is 41.5 Å². The molecule has 0 aliphatic carbocycles. The molecule has 0 atom stereocenters. The lowest BCUT2D eigenvalue weighted by Gasteiger charge is -2.18. The summed E-state index contributed by atoms with van der Waals surface area (Å²) in [6, 6.07) is 0. The molecule has 0 unspecified atom stereocenters. The zero-order valence-electron chi connectivity index (χ0n) is 12.8. The lowest BCUT2D eigenvalue weighted by atomic mass is 9.98. The number of rotatable bonds is 6. The van der Waals surface area contributed by atoms with E-state index in [9.17, 15) is 14.5 Å². The maximum atomic E-state index is 11.4. The lowest BCUT2D eigenvalue weighted by molar-refractivity contribution is -0.162. The van der Waals surface area contributed by atoms with E-state index in [1.165, 1.54) is 0 Å². The number of esters is 2. The van der Waals surface area contributed by atoms with E-state index in [-0.39, 0.29) is 0 Å². The average molecular weight is 310 g/mol. The minimum atomic E-state index is -2.27. The largest absolute Gasteiger partial charge is 0.438 e. The molecule has 0 aromatic rings. The van der Waals surface area contributed by atoms with Crippen molar-refractivity contribution in [3.8, 4) is 0 Å². The van der Waals surface area contributed by atoms with Gasteiger partial charge in [-0.1, -0.05) is 0 Å². The number of carbonyl (C=O) groups is 2. The monoisotopic (exact) mass is 310 g/mol. The van der Waals surface area contributed by atoms with Crippen LogP contribution in [0.15, 0.2) is 0 Å². The molecule has 20 heavy (non-hydrogen) atoms. The summed E-state index contributed by atoms with van der Waals surface area (Å²) >= 11 is 0. The average Bonchev–Trinajstić information content (AvgIpc) is 2.26. The minimum Gasteiger partial charge on any atom is -0.438 e. The lowest BCUT2D eigenvalue weighted by Crippen LogP contribution is -2.24. The first-order chi connectivity index (χ1) is 8.94. The molecule has 0 bridgehead atoms. The SMILES string of the molecule is CC(C)(C)C(=O)OCOP(O)OCOC(=O)C(C)(C)C. The summed E-state index contributed by atoms with van der Waals surface area (Å²) in [6.07, 6.45) is 0. The van der Waals surface area contributed by atoms with Crippen molar-refractivity contribution in [3.05, 3.63) is 0 Å². The summed E-state index contributed by atoms with van der Waals surface area (Å²) < 4.78 is 19.0. The second-order valence-electron chi connectivity index (χ2n) is 6.10. The topological polar surface area (TPSA) is 91.3 Å². The third kappa shape index (κ3) is 8.43. The molecule has 0 aromatic carbocycles. The Morgan fingerprint density at radius 2 is 1.15 bits per heavy atom. The van der Waals surface area contributed by atoms with E-state index in [0.29, 0.717) is 0 Å². The van der Waals surface area contributed by atoms with Gasteiger partial charge < -0.3 is 14.4 Å². The van der Waals surface area contributed by atoms with Crippen molar-refractivity contribution in [2.24, 2.45) is 10.8 Å². The van der Waals surface area contributed by atoms with Crippen molar-refractivity contribution in [2.75, 3.05) is 13.6 Å². The second kappa shape index (κ2) is 7.88. The van der Waals surface area contributed by atoms with E-state index in [0.717, 1.165) is 0 Å². The summed E-state index contributed by atoms with van der Waals surface area (Å²) in [5.41, 5.74) is -1.30. The Hall–Kier alpha value is -0.750. The van der Waals surface area contributed by atoms with E-state index in [1.54, 1.807) is 41.5 Å². The fourth-order valence-corrected chi connectivity index (χ4v) is 1.08. The highest BCUT2D eigenvalue weighted by Gasteiger charge is 2.24. The number of ether oxygens (including phenoxy) is 2. The predicted octanol–water partition coefficient (Wildman–Crippen LogP) is 2.33. The molecule has 0 saturated heterocycles. The molecule has 0 spiro atoms. The maximum Gasteiger partial charge on any atom is 0.335 e. The summed E-state index contributed by atoms with van der Waals surface area (Å²) in [5.74, 6) is -0.917. The van der Waals surface area contributed by atoms with Crippen LogP contribution in [0.5, 0.6) is 0 Å². The van der Waals surface area contributed by atoms with Crippen LogP contribution in [0.2, 0.25) is 0 Å². The Kier molecular flexibility index (Phi) is 7.59. The van der Waals surface area contributed by atoms with Crippen molar-refractivity contribution in [3.63, 3.8) is 0 Å². The molecule has 7 nitrogen and oxygen atoms in total. The van der Waals surface area contributed by atoms with Crippen molar-refractivity contribution in [2.45, 2.75) is 41.5 Å². The van der Waals surface area contributed by atoms with Crippen LogP contribution in [0.1, 0.15) is 41.5 Å². The number of hydrogen-bond acceptors (Lipinski definition) is 7. The fraction of sp³-hybridized carbons (Fsp3) is 0.833. The van der Waals surface area contributed by atoms with E-state index in [2.05, 4.69) is 0 Å². The van der Waals surface area contributed by atoms with Crippen LogP contribution in [0.4, 0.5) is 0 Å². The van der Waals surface area contributed by atoms with Crippen molar-refractivity contribution in [1.29, 1.82) is 0 Å². The van der Waals surface area contributed by atoms with E-state index >= 15 is 0 Å². The molecule has 0 heterocycles. The quantitative estimate of drug-likeness (QED) is 0.457. The van der Waals surface area contributed by atoms with E-state index in [4.69, 9.17) is 18.5 Å². The molecule has 0 aliphatic rings. The predicted molar refractivity (Wildman–Crippen MR) is 72.1 cm³/mol. The Morgan fingerprint density at radius 1 is 0.850 bits per heavy atom. The third-order valence-electron chi connectivity index (χ3n) is 1.93. The van der Waals surface area contributed by atoms with Crippen LogP contribution in [0.25, 0.3) is 0 Å². The summed E-state index contributed by atoms with van der Waals surface area (Å²) in [4.78, 5) is 32.1. The van der Waals surface area contributed by atoms with Crippen LogP contribution in [-0.4, -0.2) is 30.4 Å². The van der Waals surface area contributed by atoms with Crippen LogP contribution in [0, 0.1) is 10.8 Å². The number of hydrogen-bond donors (Lipinski definition) is 1. The zero-order chi connectivity index (χ0) is 16.0. The van der Waals surface area contributed by atoms with Gasteiger partial charge in [-0.2, -0.15) is 0 Å². The molecule has 0 rings (SSSR count). The van der Waals surface area contributed by atoms with Gasteiger partial charge in [-0.25, -0.2) is 0 Å². The Labute approximate surface area is 120 Å². The smallest absolute Gasteiger partial charge is 0.335 e. The molecule has 0 aliphatic heterocycles. The minimum absolute atomic E-state index is 0.425. The van der Waals surface area contributed by atoms with Gasteiger partial charge in [0.1, 0.15) is 0 Å². The van der Waals surface area contributed by atoms with Gasteiger partial charge in [0.15, 0.2) is 0 Å². The molecule has 0 amide bonds. The Morgan fingerprint density at radius 3 is 1.40 bits per heavy atom. The molecule has 0 fully saturated rings. The highest BCUT2D eigenvalue weighted by Crippen LogP contribution is 2.32. The third-order valence-corrected chi connectivity index (χ3v) is 2.58. The van der Waals surface area contributed by atoms with Crippen molar-refractivity contribution in [1.82, 2.24) is 0 Å². The first kappa shape index (κ1) is 19.2. The van der Waals surface area contributed by atoms with Gasteiger partial charge >= 0.3 is 20.5 Å². The van der Waals surface area contributed by atoms with Crippen molar-refractivity contribution < 1.29 is 33.0 Å². The molecular formula is C12H23O7P. The van der Waals surface area contributed by atoms with Gasteiger partial charge in [0.05, 0.1) is 10.8 Å². The molecular weight excluding hydrogens is 287 g/mol. The Balaban J connectivity index is 3.78. The molecule has 118 valence electrons. The zero-order valence-corrected chi connectivity index (χ0v) is 13.7. The molecule has 1 N–H and O–H groups in total. The highest BCUT2D eigenvalue weighted by atomic mass is 31.2. The number of carbonyl (C=O) groups excluding carboxylic acids is 2. The molecule has 0 radical (unpaired) electrons. The van der Waals surface area contributed by atoms with Crippen LogP contribution in [0.3, 0.4) is 0 Å². The second-order valence-corrected chi connectivity index (χ2v) is 7.09. The molecule has 0 aromatic heterocycles. The van der Waals surface area contributed by atoms with Gasteiger partial charge in [0, 0.05) is 0 Å². The maximum absolute atomic E-state index is 11.4. The van der Waals surface area contributed by atoms with E-state index in [1.807, 2.05) is 0 Å². The fourth-order valence-electron chi connectivity index (χ4n) is 0.720.